The number of nitrogens with one attached hydrogen (secondary N) is 1. The smallest absolute Gasteiger partial charge is 0.237 e. The molecule has 1 N–H and O–H groups in total. The van der Waals surface area contributed by atoms with Crippen LogP contribution in [0.25, 0.3) is 0 Å². The number of aryl methyl sites for hydroxylation is 2. The van der Waals surface area contributed by atoms with Gasteiger partial charge in [0.2, 0.25) is 11.8 Å². The van der Waals surface area contributed by atoms with Crippen LogP contribution in [0.2, 0.25) is 0 Å². The van der Waals surface area contributed by atoms with Crippen molar-refractivity contribution >= 4 is 23.3 Å². The Bertz CT molecular complexity index is 1060. The van der Waals surface area contributed by atoms with Crippen LogP contribution in [-0.4, -0.2) is 44.9 Å². The molecule has 7 nitrogen and oxygen atoms in total. The molecule has 4 rings (SSSR count). The van der Waals surface area contributed by atoms with E-state index in [4.69, 9.17) is 0 Å². The van der Waals surface area contributed by atoms with E-state index >= 15 is 0 Å². The fourth-order valence-corrected chi connectivity index (χ4v) is 5.55. The summed E-state index contributed by atoms with van der Waals surface area (Å²) in [5, 5.41) is 7.50. The largest absolute Gasteiger partial charge is 0.338 e. The third kappa shape index (κ3) is 3.27. The second kappa shape index (κ2) is 7.94. The van der Waals surface area contributed by atoms with Crippen molar-refractivity contribution in [3.63, 3.8) is 0 Å². The first-order valence-electron chi connectivity index (χ1n) is 11.1. The molecule has 0 unspecified atom stereocenters. The molecule has 164 valence electrons. The monoisotopic (exact) mass is 422 g/mol. The number of carbonyl (C=O) groups excluding carboxylic acids is 3. The molecule has 7 heteroatoms. The number of Topliss-reactive ketones (excluding diaryl/α,β-unsaturated/α-hetero) is 1. The van der Waals surface area contributed by atoms with Crippen molar-refractivity contribution in [3.8, 4) is 0 Å². The first-order chi connectivity index (χ1) is 14.8. The number of nitrogens with zero attached hydrogens (tertiary/aromatic N) is 3. The summed E-state index contributed by atoms with van der Waals surface area (Å²) in [4.78, 5) is 40.2. The van der Waals surface area contributed by atoms with Gasteiger partial charge in [0.05, 0.1) is 22.7 Å². The predicted octanol–water partition coefficient (Wildman–Crippen LogP) is 3.38. The van der Waals surface area contributed by atoms with Gasteiger partial charge in [-0.15, -0.1) is 0 Å². The van der Waals surface area contributed by atoms with Gasteiger partial charge in [-0.3, -0.25) is 19.1 Å². The Morgan fingerprint density at radius 3 is 2.68 bits per heavy atom. The summed E-state index contributed by atoms with van der Waals surface area (Å²) in [5.41, 5.74) is 3.34. The highest BCUT2D eigenvalue weighted by Gasteiger charge is 2.58. The second-order valence-electron chi connectivity index (χ2n) is 8.69. The summed E-state index contributed by atoms with van der Waals surface area (Å²) in [7, 11) is 0. The zero-order valence-corrected chi connectivity index (χ0v) is 18.7. The number of anilines is 1. The van der Waals surface area contributed by atoms with Gasteiger partial charge in [0, 0.05) is 30.9 Å². The van der Waals surface area contributed by atoms with E-state index in [0.29, 0.717) is 37.2 Å². The molecule has 1 aromatic carbocycles. The van der Waals surface area contributed by atoms with Gasteiger partial charge in [0.15, 0.2) is 5.78 Å². The summed E-state index contributed by atoms with van der Waals surface area (Å²) >= 11 is 0. The van der Waals surface area contributed by atoms with Gasteiger partial charge >= 0.3 is 0 Å². The standard InChI is InChI=1S/C24H30N4O3/c1-5-8-20-24(18-9-6-7-10-19(18)25-23(24)31)12-14-27(20)21(30)11-13-28-16(3)22(17(4)29)15(2)26-28/h6-7,9-10,20H,5,8,11-14H2,1-4H3,(H,25,31)/t20-,24+/m0/s1. The number of para-hydroxylation sites is 1. The number of hydrogen-bond acceptors (Lipinski definition) is 4. The quantitative estimate of drug-likeness (QED) is 0.724. The molecule has 1 saturated heterocycles. The van der Waals surface area contributed by atoms with Crippen LogP contribution in [0.15, 0.2) is 24.3 Å². The number of carbonyl (C=O) groups is 3. The fraction of sp³-hybridized carbons (Fsp3) is 0.500. The van der Waals surface area contributed by atoms with E-state index in [1.807, 2.05) is 43.0 Å². The summed E-state index contributed by atoms with van der Waals surface area (Å²) < 4.78 is 1.75. The molecule has 1 spiro atoms. The van der Waals surface area contributed by atoms with Gasteiger partial charge < -0.3 is 10.2 Å². The van der Waals surface area contributed by atoms with Gasteiger partial charge in [0.1, 0.15) is 0 Å². The lowest BCUT2D eigenvalue weighted by atomic mass is 9.73. The van der Waals surface area contributed by atoms with Crippen molar-refractivity contribution < 1.29 is 14.4 Å². The number of benzene rings is 1. The van der Waals surface area contributed by atoms with Crippen LogP contribution >= 0.6 is 0 Å². The molecule has 0 radical (unpaired) electrons. The minimum Gasteiger partial charge on any atom is -0.338 e. The van der Waals surface area contributed by atoms with Crippen molar-refractivity contribution in [2.45, 2.75) is 71.4 Å². The predicted molar refractivity (Wildman–Crippen MR) is 118 cm³/mol. The summed E-state index contributed by atoms with van der Waals surface area (Å²) in [6.07, 6.45) is 2.60. The SMILES string of the molecule is CCC[C@@H]1N(C(=O)CCn2nc(C)c(C(C)=O)c2C)CC[C@]12C(=O)Nc1ccccc12. The van der Waals surface area contributed by atoms with Crippen LogP contribution in [0, 0.1) is 13.8 Å². The molecule has 2 amide bonds. The minimum atomic E-state index is -0.664. The van der Waals surface area contributed by atoms with E-state index in [1.54, 1.807) is 4.68 Å². The molecule has 2 aliphatic rings. The van der Waals surface area contributed by atoms with Crippen LogP contribution in [0.1, 0.15) is 66.8 Å². The van der Waals surface area contributed by atoms with E-state index in [9.17, 15) is 14.4 Å². The summed E-state index contributed by atoms with van der Waals surface area (Å²) in [6.45, 7) is 8.30. The number of fused-ring (bicyclic) bond motifs is 2. The normalized spacial score (nSPS) is 22.1. The average molecular weight is 423 g/mol. The molecular weight excluding hydrogens is 392 g/mol. The Labute approximate surface area is 182 Å². The van der Waals surface area contributed by atoms with Crippen LogP contribution < -0.4 is 5.32 Å². The third-order valence-electron chi connectivity index (χ3n) is 6.91. The number of likely N-dealkylation sites (tertiary alicyclic amines) is 1. The number of hydrogen-bond donors (Lipinski definition) is 1. The van der Waals surface area contributed by atoms with Crippen LogP contribution in [0.5, 0.6) is 0 Å². The third-order valence-corrected chi connectivity index (χ3v) is 6.91. The van der Waals surface area contributed by atoms with Gasteiger partial charge in [-0.25, -0.2) is 0 Å². The van der Waals surface area contributed by atoms with Gasteiger partial charge in [-0.2, -0.15) is 5.10 Å². The highest BCUT2D eigenvalue weighted by molar-refractivity contribution is 6.07. The molecule has 2 aliphatic heterocycles. The lowest BCUT2D eigenvalue weighted by molar-refractivity contribution is -0.133. The maximum atomic E-state index is 13.3. The van der Waals surface area contributed by atoms with E-state index < -0.39 is 5.41 Å². The number of ketones is 1. The zero-order valence-electron chi connectivity index (χ0n) is 18.7. The van der Waals surface area contributed by atoms with Crippen molar-refractivity contribution in [3.05, 3.63) is 46.8 Å². The molecule has 0 bridgehead atoms. The van der Waals surface area contributed by atoms with Gasteiger partial charge in [-0.1, -0.05) is 31.5 Å². The highest BCUT2D eigenvalue weighted by Crippen LogP contribution is 2.49. The Kier molecular flexibility index (Phi) is 5.45. The first-order valence-corrected chi connectivity index (χ1v) is 11.1. The van der Waals surface area contributed by atoms with E-state index in [-0.39, 0.29) is 23.6 Å². The number of rotatable bonds is 6. The molecule has 0 aliphatic carbocycles. The molecule has 2 atom stereocenters. The first kappa shape index (κ1) is 21.3. The summed E-state index contributed by atoms with van der Waals surface area (Å²) in [6, 6.07) is 7.69. The molecule has 1 fully saturated rings. The molecule has 0 saturated carbocycles. The van der Waals surface area contributed by atoms with Crippen LogP contribution in [0.3, 0.4) is 0 Å². The fourth-order valence-electron chi connectivity index (χ4n) is 5.55. The van der Waals surface area contributed by atoms with Gasteiger partial charge in [0.25, 0.3) is 0 Å². The van der Waals surface area contributed by atoms with Gasteiger partial charge in [-0.05, 0) is 45.2 Å². The molecule has 1 aromatic heterocycles. The zero-order chi connectivity index (χ0) is 22.3. The lowest BCUT2D eigenvalue weighted by Gasteiger charge is -2.34. The van der Waals surface area contributed by atoms with Crippen molar-refractivity contribution in [1.29, 1.82) is 0 Å². The Morgan fingerprint density at radius 2 is 2.00 bits per heavy atom. The Hall–Kier alpha value is -2.96. The average Bonchev–Trinajstić information content (AvgIpc) is 3.34. The minimum absolute atomic E-state index is 0.00657. The maximum absolute atomic E-state index is 13.3. The molecule has 2 aromatic rings. The van der Waals surface area contributed by atoms with Crippen LogP contribution in [-0.2, 0) is 21.5 Å². The highest BCUT2D eigenvalue weighted by atomic mass is 16.2. The van der Waals surface area contributed by atoms with Crippen molar-refractivity contribution in [2.24, 2.45) is 0 Å². The summed E-state index contributed by atoms with van der Waals surface area (Å²) in [5.74, 6) is 0.0273. The lowest BCUT2D eigenvalue weighted by Crippen LogP contribution is -2.48. The molecular formula is C24H30N4O3. The topological polar surface area (TPSA) is 84.3 Å². The molecule has 31 heavy (non-hydrogen) atoms. The van der Waals surface area contributed by atoms with E-state index in [1.165, 1.54) is 6.92 Å². The second-order valence-corrected chi connectivity index (χ2v) is 8.69. The number of amides is 2. The number of aromatic nitrogens is 2. The van der Waals surface area contributed by atoms with Crippen LogP contribution in [0.4, 0.5) is 5.69 Å². The van der Waals surface area contributed by atoms with E-state index in [2.05, 4.69) is 17.3 Å². The van der Waals surface area contributed by atoms with Crippen molar-refractivity contribution in [2.75, 3.05) is 11.9 Å². The Morgan fingerprint density at radius 1 is 1.26 bits per heavy atom. The van der Waals surface area contributed by atoms with E-state index in [0.717, 1.165) is 29.8 Å². The molecule has 3 heterocycles. The Balaban J connectivity index is 1.56. The van der Waals surface area contributed by atoms with Crippen molar-refractivity contribution in [1.82, 2.24) is 14.7 Å². The maximum Gasteiger partial charge on any atom is 0.237 e.